The van der Waals surface area contributed by atoms with Gasteiger partial charge in [0.2, 0.25) is 0 Å². The maximum absolute atomic E-state index is 5.54. The molecule has 4 aliphatic rings. The molecule has 1 aromatic rings. The average Bonchev–Trinajstić information content (AvgIpc) is 2.84. The molecule has 4 aliphatic carbocycles. The Hall–Kier alpha value is -0.970. The molecule has 0 amide bonds. The number of hydrogen-bond acceptors (Lipinski definition) is 4. The van der Waals surface area contributed by atoms with Gasteiger partial charge in [-0.15, -0.1) is 10.2 Å². The van der Waals surface area contributed by atoms with E-state index in [1.807, 2.05) is 0 Å². The van der Waals surface area contributed by atoms with Gasteiger partial charge in [0, 0.05) is 5.41 Å². The molecule has 0 atom stereocenters. The van der Waals surface area contributed by atoms with Crippen LogP contribution in [0.2, 0.25) is 0 Å². The van der Waals surface area contributed by atoms with Crippen molar-refractivity contribution in [3.8, 4) is 0 Å². The lowest BCUT2D eigenvalue weighted by atomic mass is 9.49. The second kappa shape index (κ2) is 4.27. The van der Waals surface area contributed by atoms with Crippen molar-refractivity contribution in [1.82, 2.24) is 20.2 Å². The van der Waals surface area contributed by atoms with E-state index in [2.05, 4.69) is 15.4 Å². The molecule has 5 nitrogen and oxygen atoms in total. The normalized spacial score (nSPS) is 39.9. The number of aryl methyl sites for hydroxylation is 1. The average molecular weight is 261 g/mol. The number of rotatable bonds is 4. The highest BCUT2D eigenvalue weighted by Crippen LogP contribution is 2.59. The van der Waals surface area contributed by atoms with E-state index in [0.29, 0.717) is 6.54 Å². The van der Waals surface area contributed by atoms with Crippen molar-refractivity contribution in [2.75, 3.05) is 6.54 Å². The zero-order valence-electron chi connectivity index (χ0n) is 11.5. The van der Waals surface area contributed by atoms with Crippen LogP contribution in [-0.4, -0.2) is 26.8 Å². The van der Waals surface area contributed by atoms with Gasteiger partial charge in [-0.3, -0.25) is 0 Å². The fraction of sp³-hybridized carbons (Fsp3) is 0.929. The standard InChI is InChI=1S/C14H23N5/c15-2-1-3-19-17-13(16-18-19)14-7-10-4-11(8-14)6-12(5-10)9-14/h10-12H,1-9,15H2. The molecule has 5 rings (SSSR count). The third-order valence-corrected chi connectivity index (χ3v) is 5.53. The second-order valence-electron chi connectivity index (χ2n) is 7.05. The summed E-state index contributed by atoms with van der Waals surface area (Å²) in [6.07, 6.45) is 9.23. The molecule has 0 spiro atoms. The third-order valence-electron chi connectivity index (χ3n) is 5.53. The van der Waals surface area contributed by atoms with E-state index in [-0.39, 0.29) is 5.41 Å². The molecule has 4 bridgehead atoms. The van der Waals surface area contributed by atoms with Gasteiger partial charge in [-0.25, -0.2) is 0 Å². The molecule has 1 aromatic heterocycles. The second-order valence-corrected chi connectivity index (χ2v) is 7.05. The van der Waals surface area contributed by atoms with Crippen LogP contribution in [0.15, 0.2) is 0 Å². The molecule has 104 valence electrons. The van der Waals surface area contributed by atoms with Gasteiger partial charge in [-0.05, 0) is 74.5 Å². The lowest BCUT2D eigenvalue weighted by molar-refractivity contribution is -0.00954. The Balaban J connectivity index is 1.59. The van der Waals surface area contributed by atoms with Crippen LogP contribution >= 0.6 is 0 Å². The van der Waals surface area contributed by atoms with Crippen molar-refractivity contribution >= 4 is 0 Å². The van der Waals surface area contributed by atoms with Crippen LogP contribution < -0.4 is 5.73 Å². The Morgan fingerprint density at radius 2 is 1.74 bits per heavy atom. The lowest BCUT2D eigenvalue weighted by Crippen LogP contribution is -2.49. The van der Waals surface area contributed by atoms with Gasteiger partial charge in [0.05, 0.1) is 6.54 Å². The number of tetrazole rings is 1. The monoisotopic (exact) mass is 261 g/mol. The van der Waals surface area contributed by atoms with Gasteiger partial charge in [0.1, 0.15) is 0 Å². The molecule has 1 heterocycles. The first kappa shape index (κ1) is 11.8. The highest BCUT2D eigenvalue weighted by Gasteiger charge is 2.53. The summed E-state index contributed by atoms with van der Waals surface area (Å²) in [5.74, 6) is 3.83. The smallest absolute Gasteiger partial charge is 0.180 e. The van der Waals surface area contributed by atoms with E-state index >= 15 is 0 Å². The predicted molar refractivity (Wildman–Crippen MR) is 71.3 cm³/mol. The Bertz CT molecular complexity index is 431. The van der Waals surface area contributed by atoms with Crippen LogP contribution in [0.1, 0.15) is 50.8 Å². The molecular weight excluding hydrogens is 238 g/mol. The quantitative estimate of drug-likeness (QED) is 0.891. The Morgan fingerprint density at radius 3 is 2.32 bits per heavy atom. The van der Waals surface area contributed by atoms with Gasteiger partial charge in [0.15, 0.2) is 5.82 Å². The molecular formula is C14H23N5. The minimum absolute atomic E-state index is 0.274. The van der Waals surface area contributed by atoms with E-state index in [1.165, 1.54) is 38.5 Å². The van der Waals surface area contributed by atoms with Crippen molar-refractivity contribution in [3.63, 3.8) is 0 Å². The SMILES string of the molecule is NCCCn1nnc(C23CC4CC(CC(C4)C2)C3)n1. The summed E-state index contributed by atoms with van der Waals surface area (Å²) < 4.78 is 0. The summed E-state index contributed by atoms with van der Waals surface area (Å²) in [6, 6.07) is 0. The molecule has 0 radical (unpaired) electrons. The number of aromatic nitrogens is 4. The van der Waals surface area contributed by atoms with Crippen molar-refractivity contribution in [3.05, 3.63) is 5.82 Å². The first-order valence-corrected chi connectivity index (χ1v) is 7.76. The Kier molecular flexibility index (Phi) is 2.65. The first-order chi connectivity index (χ1) is 9.27. The molecule has 4 fully saturated rings. The van der Waals surface area contributed by atoms with Crippen LogP contribution in [0.25, 0.3) is 0 Å². The van der Waals surface area contributed by atoms with Crippen molar-refractivity contribution in [2.45, 2.75) is 56.9 Å². The Labute approximate surface area is 113 Å². The van der Waals surface area contributed by atoms with Gasteiger partial charge in [-0.1, -0.05) is 0 Å². The fourth-order valence-electron chi connectivity index (χ4n) is 5.17. The first-order valence-electron chi connectivity index (χ1n) is 7.76. The van der Waals surface area contributed by atoms with E-state index < -0.39 is 0 Å². The molecule has 19 heavy (non-hydrogen) atoms. The summed E-state index contributed by atoms with van der Waals surface area (Å²) in [7, 11) is 0. The zero-order valence-corrected chi connectivity index (χ0v) is 11.5. The van der Waals surface area contributed by atoms with Gasteiger partial charge in [-0.2, -0.15) is 4.80 Å². The maximum Gasteiger partial charge on any atom is 0.180 e. The molecule has 5 heteroatoms. The topological polar surface area (TPSA) is 69.6 Å². The number of nitrogens with two attached hydrogens (primary N) is 1. The molecule has 2 N–H and O–H groups in total. The van der Waals surface area contributed by atoms with Crippen LogP contribution in [0, 0.1) is 17.8 Å². The summed E-state index contributed by atoms with van der Waals surface area (Å²) in [4.78, 5) is 1.75. The van der Waals surface area contributed by atoms with Gasteiger partial charge >= 0.3 is 0 Å². The van der Waals surface area contributed by atoms with Crippen molar-refractivity contribution in [1.29, 1.82) is 0 Å². The zero-order chi connectivity index (χ0) is 12.9. The fourth-order valence-corrected chi connectivity index (χ4v) is 5.17. The number of hydrogen-bond donors (Lipinski definition) is 1. The van der Waals surface area contributed by atoms with E-state index in [9.17, 15) is 0 Å². The molecule has 0 saturated heterocycles. The minimum Gasteiger partial charge on any atom is -0.330 e. The molecule has 4 saturated carbocycles. The maximum atomic E-state index is 5.54. The summed E-state index contributed by atoms with van der Waals surface area (Å²) in [5, 5.41) is 13.3. The van der Waals surface area contributed by atoms with Crippen LogP contribution in [-0.2, 0) is 12.0 Å². The van der Waals surface area contributed by atoms with Gasteiger partial charge < -0.3 is 5.73 Å². The third kappa shape index (κ3) is 1.90. The van der Waals surface area contributed by atoms with Crippen LogP contribution in [0.4, 0.5) is 0 Å². The van der Waals surface area contributed by atoms with Crippen LogP contribution in [0.3, 0.4) is 0 Å². The molecule has 0 aliphatic heterocycles. The van der Waals surface area contributed by atoms with Gasteiger partial charge in [0.25, 0.3) is 0 Å². The van der Waals surface area contributed by atoms with E-state index in [0.717, 1.165) is 36.5 Å². The summed E-state index contributed by atoms with van der Waals surface area (Å²) in [6.45, 7) is 1.49. The van der Waals surface area contributed by atoms with Crippen LogP contribution in [0.5, 0.6) is 0 Å². The minimum atomic E-state index is 0.274. The molecule has 0 aromatic carbocycles. The largest absolute Gasteiger partial charge is 0.330 e. The van der Waals surface area contributed by atoms with Crippen molar-refractivity contribution < 1.29 is 0 Å². The number of nitrogens with zero attached hydrogens (tertiary/aromatic N) is 4. The summed E-state index contributed by atoms with van der Waals surface area (Å²) >= 11 is 0. The van der Waals surface area contributed by atoms with Crippen molar-refractivity contribution in [2.24, 2.45) is 23.5 Å². The molecule has 0 unspecified atom stereocenters. The summed E-state index contributed by atoms with van der Waals surface area (Å²) in [5.41, 5.74) is 5.81. The van der Waals surface area contributed by atoms with E-state index in [1.54, 1.807) is 4.80 Å². The predicted octanol–water partition coefficient (Wildman–Crippen LogP) is 1.49. The van der Waals surface area contributed by atoms with E-state index in [4.69, 9.17) is 5.73 Å². The highest BCUT2D eigenvalue weighted by molar-refractivity contribution is 5.15. The highest BCUT2D eigenvalue weighted by atomic mass is 15.6. The lowest BCUT2D eigenvalue weighted by Gasteiger charge is -2.55. The Morgan fingerprint density at radius 1 is 1.11 bits per heavy atom.